The predicted molar refractivity (Wildman–Crippen MR) is 95.7 cm³/mol. The van der Waals surface area contributed by atoms with Gasteiger partial charge in [-0.05, 0) is 54.0 Å². The zero-order valence-electron chi connectivity index (χ0n) is 14.6. The Hall–Kier alpha value is 0.560. The van der Waals surface area contributed by atoms with Gasteiger partial charge in [0.15, 0.2) is 0 Å². The van der Waals surface area contributed by atoms with Crippen molar-refractivity contribution in [1.82, 2.24) is 0 Å². The molecule has 2 fully saturated rings. The predicted octanol–water partition coefficient (Wildman–Crippen LogP) is 1.55. The average molecular weight is 376 g/mol. The van der Waals surface area contributed by atoms with Crippen LogP contribution >= 0.6 is 7.78 Å². The van der Waals surface area contributed by atoms with Crippen LogP contribution in [0, 0.1) is 0 Å². The molecule has 1 aromatic rings. The van der Waals surface area contributed by atoms with Crippen LogP contribution in [0.4, 0.5) is 0 Å². The number of hydrogen-bond acceptors (Lipinski definition) is 3. The van der Waals surface area contributed by atoms with E-state index in [-0.39, 0.29) is 29.6 Å². The van der Waals surface area contributed by atoms with E-state index in [0.717, 1.165) is 18.1 Å². The van der Waals surface area contributed by atoms with E-state index >= 15 is 0 Å². The summed E-state index contributed by atoms with van der Waals surface area (Å²) in [7, 11) is -4.84. The number of hydrogen-bond donors (Lipinski definition) is 0. The van der Waals surface area contributed by atoms with Gasteiger partial charge in [-0.15, -0.1) is 0 Å². The summed E-state index contributed by atoms with van der Waals surface area (Å²) in [6.45, 7) is 0. The second kappa shape index (κ2) is 9.48. The average Bonchev–Trinajstić information content (AvgIpc) is 2.55. The zero-order chi connectivity index (χ0) is 16.3. The van der Waals surface area contributed by atoms with Crippen molar-refractivity contribution in [2.24, 2.45) is 0 Å². The minimum atomic E-state index is -4.21. The quantitative estimate of drug-likeness (QED) is 0.455. The molecule has 2 aliphatic rings. The van der Waals surface area contributed by atoms with E-state index in [0.29, 0.717) is 11.8 Å². The van der Waals surface area contributed by atoms with Crippen LogP contribution in [-0.4, -0.2) is 13.0 Å². The molecule has 0 heterocycles. The molecule has 6 heteroatoms. The fourth-order valence-electron chi connectivity index (χ4n) is 4.42. The maximum atomic E-state index is 11.4. The Bertz CT molecular complexity index is 636. The molecule has 0 amide bonds. The molecule has 128 valence electrons. The fraction of sp³-hybridized carbons (Fsp3) is 0.667. The molecule has 3 rings (SSSR count). The molecule has 1 atom stereocenters. The molecule has 0 saturated heterocycles. The molecule has 0 radical (unpaired) electrons. The van der Waals surface area contributed by atoms with E-state index < -0.39 is 17.5 Å². The summed E-state index contributed by atoms with van der Waals surface area (Å²) in [6, 6.07) is 6.04. The molecule has 0 aliphatic heterocycles. The third kappa shape index (κ3) is 5.53. The Morgan fingerprint density at radius 3 is 1.96 bits per heavy atom. The summed E-state index contributed by atoms with van der Waals surface area (Å²) < 4.78 is 34.1. The van der Waals surface area contributed by atoms with Crippen molar-refractivity contribution in [3.8, 4) is 0 Å². The van der Waals surface area contributed by atoms with Gasteiger partial charge < -0.3 is 4.55 Å². The molecule has 3 nitrogen and oxygen atoms in total. The number of rotatable bonds is 4. The minimum absolute atomic E-state index is 0. The van der Waals surface area contributed by atoms with Gasteiger partial charge >= 0.3 is 29.6 Å². The van der Waals surface area contributed by atoms with E-state index in [2.05, 4.69) is 6.07 Å². The third-order valence-corrected chi connectivity index (χ3v) is 7.75. The Morgan fingerprint density at radius 2 is 1.42 bits per heavy atom. The van der Waals surface area contributed by atoms with E-state index in [9.17, 15) is 13.0 Å². The van der Waals surface area contributed by atoms with Gasteiger partial charge in [-0.3, -0.25) is 0 Å². The summed E-state index contributed by atoms with van der Waals surface area (Å²) in [4.78, 5) is 0. The van der Waals surface area contributed by atoms with Crippen LogP contribution in [0.3, 0.4) is 0 Å². The zero-order valence-corrected chi connectivity index (χ0v) is 18.4. The van der Waals surface area contributed by atoms with Crippen LogP contribution in [0.5, 0.6) is 0 Å². The summed E-state index contributed by atoms with van der Waals surface area (Å²) in [5, 5.41) is 0.801. The first kappa shape index (κ1) is 20.9. The van der Waals surface area contributed by atoms with Gasteiger partial charge in [0.1, 0.15) is 9.74 Å². The van der Waals surface area contributed by atoms with E-state index in [1.807, 2.05) is 12.1 Å². The molecule has 1 unspecified atom stereocenters. The van der Waals surface area contributed by atoms with Gasteiger partial charge in [0.2, 0.25) is 0 Å². The molecule has 0 bridgehead atoms. The smallest absolute Gasteiger partial charge is 0.745 e. The van der Waals surface area contributed by atoms with Gasteiger partial charge in [-0.2, -0.15) is 0 Å². The Morgan fingerprint density at radius 1 is 0.875 bits per heavy atom. The van der Waals surface area contributed by atoms with Crippen LogP contribution in [0.2, 0.25) is 0 Å². The summed E-state index contributed by atoms with van der Waals surface area (Å²) in [6.07, 6.45) is 12.2. The van der Waals surface area contributed by atoms with Crippen molar-refractivity contribution in [2.45, 2.75) is 76.0 Å². The van der Waals surface area contributed by atoms with E-state index in [1.54, 1.807) is 0 Å². The molecule has 0 N–H and O–H groups in total. The summed E-state index contributed by atoms with van der Waals surface area (Å²) in [5.41, 5.74) is 2.59. The molecule has 0 aromatic heterocycles. The normalized spacial score (nSPS) is 21.0. The van der Waals surface area contributed by atoms with Crippen LogP contribution in [0.1, 0.15) is 87.2 Å². The summed E-state index contributed by atoms with van der Waals surface area (Å²) in [5.74, 6) is 1.01. The number of benzene rings is 1. The maximum Gasteiger partial charge on any atom is 1.00 e. The van der Waals surface area contributed by atoms with E-state index in [4.69, 9.17) is 0 Å². The largest absolute Gasteiger partial charge is 1.00 e. The van der Waals surface area contributed by atoms with E-state index in [1.165, 1.54) is 62.5 Å². The fourth-order valence-corrected chi connectivity index (χ4v) is 6.66. The van der Waals surface area contributed by atoms with Crippen LogP contribution in [0.15, 0.2) is 18.2 Å². The monoisotopic (exact) mass is 376 g/mol. The molecular formula is C18H26NaO3PS. The van der Waals surface area contributed by atoms with Crippen molar-refractivity contribution in [2.75, 3.05) is 0 Å². The molecule has 24 heavy (non-hydrogen) atoms. The maximum absolute atomic E-state index is 11.4. The van der Waals surface area contributed by atoms with Crippen LogP contribution < -0.4 is 34.9 Å². The molecule has 2 aliphatic carbocycles. The Balaban J connectivity index is 0.00000208. The van der Waals surface area contributed by atoms with Crippen molar-refractivity contribution in [1.29, 1.82) is 0 Å². The van der Waals surface area contributed by atoms with Crippen LogP contribution in [-0.2, 0) is 9.74 Å². The van der Waals surface area contributed by atoms with Crippen molar-refractivity contribution < 1.29 is 42.5 Å². The summed E-state index contributed by atoms with van der Waals surface area (Å²) >= 11 is 0. The molecule has 2 saturated carbocycles. The molecule has 0 spiro atoms. The van der Waals surface area contributed by atoms with Gasteiger partial charge in [-0.1, -0.05) is 56.7 Å². The Labute approximate surface area is 170 Å². The second-order valence-corrected chi connectivity index (χ2v) is 10.8. The standard InChI is InChI=1S/C18H27O3PS.Na/c19-23(20,21)22-17-13-7-12-16(14-8-3-1-4-9-14)18(17)15-10-5-2-6-11-15;/h7,12-15,22H,1-6,8-11H2,(H,19,20,21);/q;+1/p-1. The molecule has 1 aromatic carbocycles. The van der Waals surface area contributed by atoms with Gasteiger partial charge in [-0.25, -0.2) is 8.42 Å². The first-order chi connectivity index (χ1) is 11.0. The second-order valence-electron chi connectivity index (χ2n) is 7.03. The van der Waals surface area contributed by atoms with Crippen molar-refractivity contribution >= 4 is 22.8 Å². The third-order valence-electron chi connectivity index (χ3n) is 5.43. The topological polar surface area (TPSA) is 57.2 Å². The van der Waals surface area contributed by atoms with Gasteiger partial charge in [0, 0.05) is 7.78 Å². The molecular weight excluding hydrogens is 350 g/mol. The van der Waals surface area contributed by atoms with Crippen molar-refractivity contribution in [3.63, 3.8) is 0 Å². The van der Waals surface area contributed by atoms with Gasteiger partial charge in [0.25, 0.3) is 0 Å². The Kier molecular flexibility index (Phi) is 8.24. The van der Waals surface area contributed by atoms with Crippen LogP contribution in [0.25, 0.3) is 0 Å². The van der Waals surface area contributed by atoms with Gasteiger partial charge in [0.05, 0.1) is 0 Å². The SMILES string of the molecule is O=S(=O)([O-])Pc1cccc(C2CCCCC2)c1C1CCCCC1.[Na+]. The first-order valence-corrected chi connectivity index (χ1v) is 12.0. The first-order valence-electron chi connectivity index (χ1n) is 8.91. The van der Waals surface area contributed by atoms with Crippen molar-refractivity contribution in [3.05, 3.63) is 29.3 Å². The minimum Gasteiger partial charge on any atom is -0.745 e.